The van der Waals surface area contributed by atoms with Crippen LogP contribution in [0.2, 0.25) is 0 Å². The van der Waals surface area contributed by atoms with Gasteiger partial charge in [0.15, 0.2) is 6.10 Å². The summed E-state index contributed by atoms with van der Waals surface area (Å²) in [4.78, 5) is 13.4. The average Bonchev–Trinajstić information content (AvgIpc) is 2.96. The second-order valence-electron chi connectivity index (χ2n) is 5.63. The van der Waals surface area contributed by atoms with Crippen molar-refractivity contribution in [2.75, 3.05) is 26.2 Å². The number of hydrogen-bond donors (Lipinski definition) is 2. The molecule has 2 aliphatic heterocycles. The quantitative estimate of drug-likeness (QED) is 0.830. The molecular weight excluding hydrogens is 289 g/mol. The monoisotopic (exact) mass is 310 g/mol. The molecule has 5 nitrogen and oxygen atoms in total. The van der Waals surface area contributed by atoms with Crippen LogP contribution in [-0.4, -0.2) is 60.7 Å². The molecule has 8 heteroatoms. The van der Waals surface area contributed by atoms with Gasteiger partial charge in [0.1, 0.15) is 0 Å². The van der Waals surface area contributed by atoms with E-state index in [0.717, 1.165) is 12.8 Å². The van der Waals surface area contributed by atoms with E-state index in [1.54, 1.807) is 0 Å². The summed E-state index contributed by atoms with van der Waals surface area (Å²) in [5.41, 5.74) is 0. The third-order valence-corrected chi connectivity index (χ3v) is 4.11. The lowest BCUT2D eigenvalue weighted by Crippen LogP contribution is -2.49. The van der Waals surface area contributed by atoms with Gasteiger partial charge in [-0.3, -0.25) is 0 Å². The second kappa shape index (κ2) is 6.83. The highest BCUT2D eigenvalue weighted by molar-refractivity contribution is 5.74. The Morgan fingerprint density at radius 2 is 2.00 bits per heavy atom. The number of amides is 2. The van der Waals surface area contributed by atoms with Crippen LogP contribution in [-0.2, 0) is 4.74 Å². The van der Waals surface area contributed by atoms with E-state index in [-0.39, 0.29) is 38.1 Å². The van der Waals surface area contributed by atoms with Gasteiger partial charge in [0.2, 0.25) is 0 Å². The number of carbonyl (C=O) groups excluding carboxylic acids is 1. The Kier molecular flexibility index (Phi) is 5.32. The highest BCUT2D eigenvalue weighted by Crippen LogP contribution is 2.31. The van der Waals surface area contributed by atoms with Crippen molar-refractivity contribution in [2.24, 2.45) is 5.92 Å². The van der Waals surface area contributed by atoms with Crippen molar-refractivity contribution in [1.82, 2.24) is 10.2 Å². The Balaban J connectivity index is 1.71. The van der Waals surface area contributed by atoms with Crippen LogP contribution < -0.4 is 5.32 Å². The van der Waals surface area contributed by atoms with Gasteiger partial charge in [0.05, 0.1) is 6.10 Å². The first-order valence-electron chi connectivity index (χ1n) is 7.27. The number of rotatable bonds is 3. The molecule has 2 amide bonds. The summed E-state index contributed by atoms with van der Waals surface area (Å²) >= 11 is 0. The van der Waals surface area contributed by atoms with Crippen LogP contribution in [0.15, 0.2) is 0 Å². The predicted molar refractivity (Wildman–Crippen MR) is 68.7 cm³/mol. The molecule has 2 aliphatic rings. The van der Waals surface area contributed by atoms with Gasteiger partial charge in [-0.05, 0) is 31.6 Å². The summed E-state index contributed by atoms with van der Waals surface area (Å²) < 4.78 is 42.7. The highest BCUT2D eigenvalue weighted by Gasteiger charge is 2.44. The maximum absolute atomic E-state index is 12.4. The summed E-state index contributed by atoms with van der Waals surface area (Å²) in [6.07, 6.45) is -4.62. The zero-order chi connectivity index (χ0) is 15.5. The van der Waals surface area contributed by atoms with Crippen LogP contribution in [0, 0.1) is 5.92 Å². The molecule has 0 bridgehead atoms. The minimum atomic E-state index is -4.59. The van der Waals surface area contributed by atoms with Gasteiger partial charge in [0, 0.05) is 26.2 Å². The number of nitrogens with zero attached hydrogens (tertiary/aromatic N) is 1. The van der Waals surface area contributed by atoms with E-state index in [1.165, 1.54) is 4.90 Å². The third kappa shape index (κ3) is 4.47. The molecule has 0 aliphatic carbocycles. The number of ether oxygens (including phenoxy) is 1. The van der Waals surface area contributed by atoms with E-state index >= 15 is 0 Å². The molecule has 2 saturated heterocycles. The van der Waals surface area contributed by atoms with Gasteiger partial charge in [-0.15, -0.1) is 0 Å². The number of piperidine rings is 1. The van der Waals surface area contributed by atoms with E-state index in [0.29, 0.717) is 13.2 Å². The highest BCUT2D eigenvalue weighted by atomic mass is 19.4. The molecule has 0 aromatic heterocycles. The minimum absolute atomic E-state index is 0.0403. The molecule has 2 atom stereocenters. The normalized spacial score (nSPS) is 25.9. The molecule has 0 saturated carbocycles. The van der Waals surface area contributed by atoms with Gasteiger partial charge >= 0.3 is 12.2 Å². The van der Waals surface area contributed by atoms with Crippen LogP contribution in [0.5, 0.6) is 0 Å². The first kappa shape index (κ1) is 16.4. The summed E-state index contributed by atoms with van der Waals surface area (Å²) in [6.45, 7) is 1.61. The van der Waals surface area contributed by atoms with Crippen LogP contribution in [0.4, 0.5) is 18.0 Å². The minimum Gasteiger partial charge on any atom is -0.383 e. The Morgan fingerprint density at radius 1 is 1.33 bits per heavy atom. The molecule has 2 heterocycles. The number of alkyl halides is 3. The SMILES string of the molecule is O=C(NCC1CCCO1)N1CCC(C(O)C(F)(F)F)CC1. The van der Waals surface area contributed by atoms with Gasteiger partial charge in [-0.25, -0.2) is 4.79 Å². The zero-order valence-corrected chi connectivity index (χ0v) is 11.7. The number of urea groups is 1. The molecular formula is C13H21F3N2O3. The van der Waals surface area contributed by atoms with E-state index in [1.807, 2.05) is 0 Å². The van der Waals surface area contributed by atoms with Crippen LogP contribution in [0.3, 0.4) is 0 Å². The molecule has 2 fully saturated rings. The van der Waals surface area contributed by atoms with Crippen molar-refractivity contribution in [3.8, 4) is 0 Å². The van der Waals surface area contributed by atoms with Gasteiger partial charge in [0.25, 0.3) is 0 Å². The number of aliphatic hydroxyl groups is 1. The standard InChI is InChI=1S/C13H21F3N2O3/c14-13(15,16)11(19)9-3-5-18(6-4-9)12(20)17-8-10-2-1-7-21-10/h9-11,19H,1-8H2,(H,17,20). The molecule has 2 N–H and O–H groups in total. The van der Waals surface area contributed by atoms with E-state index in [9.17, 15) is 23.1 Å². The molecule has 2 rings (SSSR count). The summed E-state index contributed by atoms with van der Waals surface area (Å²) in [6, 6.07) is -0.273. The number of likely N-dealkylation sites (tertiary alicyclic amines) is 1. The van der Waals surface area contributed by atoms with E-state index < -0.39 is 18.2 Å². The lowest BCUT2D eigenvalue weighted by Gasteiger charge is -2.34. The molecule has 0 aromatic rings. The number of nitrogens with one attached hydrogen (secondary N) is 1. The number of carbonyl (C=O) groups is 1. The van der Waals surface area contributed by atoms with Gasteiger partial charge in [-0.1, -0.05) is 0 Å². The maximum Gasteiger partial charge on any atom is 0.414 e. The smallest absolute Gasteiger partial charge is 0.383 e. The zero-order valence-electron chi connectivity index (χ0n) is 11.7. The number of aliphatic hydroxyl groups excluding tert-OH is 1. The molecule has 0 spiro atoms. The Labute approximate surface area is 121 Å². The first-order valence-corrected chi connectivity index (χ1v) is 7.27. The third-order valence-electron chi connectivity index (χ3n) is 4.11. The van der Waals surface area contributed by atoms with Gasteiger partial charge < -0.3 is 20.1 Å². The fourth-order valence-corrected chi connectivity index (χ4v) is 2.80. The largest absolute Gasteiger partial charge is 0.414 e. The molecule has 0 radical (unpaired) electrons. The molecule has 0 aromatic carbocycles. The average molecular weight is 310 g/mol. The van der Waals surface area contributed by atoms with Crippen LogP contribution in [0.1, 0.15) is 25.7 Å². The summed E-state index contributed by atoms with van der Waals surface area (Å²) in [5.74, 6) is -0.827. The second-order valence-corrected chi connectivity index (χ2v) is 5.63. The van der Waals surface area contributed by atoms with Crippen molar-refractivity contribution in [1.29, 1.82) is 0 Å². The molecule has 2 unspecified atom stereocenters. The predicted octanol–water partition coefficient (Wildman–Crippen LogP) is 1.51. The first-order chi connectivity index (χ1) is 9.88. The Morgan fingerprint density at radius 3 is 2.52 bits per heavy atom. The van der Waals surface area contributed by atoms with Crippen LogP contribution >= 0.6 is 0 Å². The lowest BCUT2D eigenvalue weighted by molar-refractivity contribution is -0.222. The molecule has 21 heavy (non-hydrogen) atoms. The van der Waals surface area contributed by atoms with Crippen molar-refractivity contribution < 1.29 is 27.8 Å². The maximum atomic E-state index is 12.4. The van der Waals surface area contributed by atoms with Crippen LogP contribution in [0.25, 0.3) is 0 Å². The summed E-state index contributed by atoms with van der Waals surface area (Å²) in [7, 11) is 0. The van der Waals surface area contributed by atoms with E-state index in [2.05, 4.69) is 5.32 Å². The fourth-order valence-electron chi connectivity index (χ4n) is 2.80. The number of halogens is 3. The topological polar surface area (TPSA) is 61.8 Å². The van der Waals surface area contributed by atoms with Crippen molar-refractivity contribution in [3.63, 3.8) is 0 Å². The van der Waals surface area contributed by atoms with Crippen molar-refractivity contribution in [2.45, 2.75) is 44.1 Å². The van der Waals surface area contributed by atoms with Crippen molar-refractivity contribution >= 4 is 6.03 Å². The lowest BCUT2D eigenvalue weighted by atomic mass is 9.91. The Bertz CT molecular complexity index is 351. The van der Waals surface area contributed by atoms with E-state index in [4.69, 9.17) is 4.74 Å². The fraction of sp³-hybridized carbons (Fsp3) is 0.923. The molecule has 122 valence electrons. The Hall–Kier alpha value is -1.02. The summed E-state index contributed by atoms with van der Waals surface area (Å²) in [5, 5.41) is 12.0. The van der Waals surface area contributed by atoms with Gasteiger partial charge in [-0.2, -0.15) is 13.2 Å². The van der Waals surface area contributed by atoms with Crippen molar-refractivity contribution in [3.05, 3.63) is 0 Å². The number of hydrogen-bond acceptors (Lipinski definition) is 3.